The summed E-state index contributed by atoms with van der Waals surface area (Å²) in [7, 11) is 0. The Morgan fingerprint density at radius 1 is 1.07 bits per heavy atom. The molecule has 0 aromatic carbocycles. The van der Waals surface area contributed by atoms with Gasteiger partial charge in [-0.1, -0.05) is 0 Å². The van der Waals surface area contributed by atoms with E-state index in [-0.39, 0.29) is 0 Å². The number of fused-ring (bicyclic) bond motifs is 1. The molecular weight excluding hydrogens is 190 g/mol. The molecule has 0 amide bonds. The number of hydrogen-bond donors (Lipinski definition) is 0. The first-order valence-corrected chi connectivity index (χ1v) is 5.13. The smallest absolute Gasteiger partial charge is 0.161 e. The van der Waals surface area contributed by atoms with Crippen LogP contribution >= 0.6 is 0 Å². The van der Waals surface area contributed by atoms with Crippen LogP contribution in [0.15, 0.2) is 19.0 Å². The Kier molecular flexibility index (Phi) is 1.94. The van der Waals surface area contributed by atoms with E-state index >= 15 is 0 Å². The number of hydrogen-bond acceptors (Lipinski definition) is 4. The highest BCUT2D eigenvalue weighted by atomic mass is 15.3. The minimum absolute atomic E-state index is 0.886. The van der Waals surface area contributed by atoms with E-state index in [1.807, 2.05) is 0 Å². The molecule has 2 aromatic rings. The summed E-state index contributed by atoms with van der Waals surface area (Å²) < 4.78 is 1.71. The second-order valence-electron chi connectivity index (χ2n) is 3.67. The van der Waals surface area contributed by atoms with Crippen LogP contribution in [0.25, 0.3) is 5.82 Å². The third kappa shape index (κ3) is 1.40. The number of nitrogens with zero attached hydrogens (tertiary/aromatic N) is 5. The summed E-state index contributed by atoms with van der Waals surface area (Å²) in [5.74, 6) is 0.886. The van der Waals surface area contributed by atoms with Crippen LogP contribution in [0.2, 0.25) is 0 Å². The predicted molar refractivity (Wildman–Crippen MR) is 53.6 cm³/mol. The fourth-order valence-electron chi connectivity index (χ4n) is 2.02. The molecule has 0 radical (unpaired) electrons. The Morgan fingerprint density at radius 2 is 2.00 bits per heavy atom. The minimum atomic E-state index is 0.886. The van der Waals surface area contributed by atoms with E-state index in [2.05, 4.69) is 20.1 Å². The lowest BCUT2D eigenvalue weighted by molar-refractivity contribution is 0.649. The van der Waals surface area contributed by atoms with Crippen molar-refractivity contribution in [3.63, 3.8) is 0 Å². The van der Waals surface area contributed by atoms with E-state index in [0.29, 0.717) is 0 Å². The van der Waals surface area contributed by atoms with Crippen molar-refractivity contribution in [1.82, 2.24) is 24.7 Å². The molecule has 5 nitrogen and oxygen atoms in total. The monoisotopic (exact) mass is 201 g/mol. The summed E-state index contributed by atoms with van der Waals surface area (Å²) in [6.45, 7) is 0. The van der Waals surface area contributed by atoms with Crippen LogP contribution in [0.5, 0.6) is 0 Å². The first-order valence-electron chi connectivity index (χ1n) is 5.13. The maximum atomic E-state index is 4.32. The molecule has 3 rings (SSSR count). The van der Waals surface area contributed by atoms with Crippen LogP contribution < -0.4 is 0 Å². The van der Waals surface area contributed by atoms with Gasteiger partial charge in [0.05, 0.1) is 0 Å². The maximum absolute atomic E-state index is 4.32. The second kappa shape index (κ2) is 3.42. The summed E-state index contributed by atoms with van der Waals surface area (Å²) >= 11 is 0. The molecule has 2 heterocycles. The van der Waals surface area contributed by atoms with Crippen molar-refractivity contribution in [3.05, 3.63) is 30.2 Å². The highest BCUT2D eigenvalue weighted by Gasteiger charge is 2.16. The molecule has 1 aliphatic carbocycles. The zero-order valence-corrected chi connectivity index (χ0v) is 8.30. The van der Waals surface area contributed by atoms with Crippen molar-refractivity contribution < 1.29 is 0 Å². The molecule has 0 N–H and O–H groups in total. The van der Waals surface area contributed by atoms with Gasteiger partial charge in [-0.05, 0) is 25.7 Å². The fraction of sp³-hybridized carbons (Fsp3) is 0.400. The van der Waals surface area contributed by atoms with E-state index < -0.39 is 0 Å². The highest BCUT2D eigenvalue weighted by Crippen LogP contribution is 2.22. The Labute approximate surface area is 87.2 Å². The molecule has 0 saturated heterocycles. The average molecular weight is 201 g/mol. The quantitative estimate of drug-likeness (QED) is 0.689. The first kappa shape index (κ1) is 8.52. The lowest BCUT2D eigenvalue weighted by Crippen LogP contribution is -2.12. The number of aromatic nitrogens is 5. The summed E-state index contributed by atoms with van der Waals surface area (Å²) in [6, 6.07) is 0. The largest absolute Gasteiger partial charge is 0.241 e. The summed E-state index contributed by atoms with van der Waals surface area (Å²) in [5.41, 5.74) is 2.40. The summed E-state index contributed by atoms with van der Waals surface area (Å²) in [5, 5.41) is 4.11. The van der Waals surface area contributed by atoms with Gasteiger partial charge in [0.15, 0.2) is 5.82 Å². The van der Waals surface area contributed by atoms with Gasteiger partial charge in [0.2, 0.25) is 0 Å². The molecule has 0 bridgehead atoms. The molecule has 0 fully saturated rings. The van der Waals surface area contributed by atoms with Crippen LogP contribution in [-0.2, 0) is 12.8 Å². The predicted octanol–water partition coefficient (Wildman–Crippen LogP) is 0.936. The average Bonchev–Trinajstić information content (AvgIpc) is 2.82. The molecule has 76 valence electrons. The van der Waals surface area contributed by atoms with E-state index in [1.54, 1.807) is 17.3 Å². The van der Waals surface area contributed by atoms with Gasteiger partial charge in [0.25, 0.3) is 0 Å². The zero-order chi connectivity index (χ0) is 10.1. The third-order valence-electron chi connectivity index (χ3n) is 2.74. The van der Waals surface area contributed by atoms with Crippen LogP contribution in [0.3, 0.4) is 0 Å². The van der Waals surface area contributed by atoms with Gasteiger partial charge in [-0.25, -0.2) is 19.6 Å². The molecule has 15 heavy (non-hydrogen) atoms. The number of rotatable bonds is 1. The topological polar surface area (TPSA) is 56.5 Å². The summed E-state index contributed by atoms with van der Waals surface area (Å²) in [6.07, 6.45) is 9.35. The van der Waals surface area contributed by atoms with Crippen molar-refractivity contribution in [2.75, 3.05) is 0 Å². The van der Waals surface area contributed by atoms with Gasteiger partial charge in [-0.15, -0.1) is 0 Å². The molecule has 5 heteroatoms. The van der Waals surface area contributed by atoms with E-state index in [1.165, 1.54) is 30.4 Å². The fourth-order valence-corrected chi connectivity index (χ4v) is 2.02. The van der Waals surface area contributed by atoms with Crippen molar-refractivity contribution in [1.29, 1.82) is 0 Å². The van der Waals surface area contributed by atoms with Gasteiger partial charge in [0.1, 0.15) is 19.0 Å². The lowest BCUT2D eigenvalue weighted by atomic mass is 9.96. The van der Waals surface area contributed by atoms with E-state index in [0.717, 1.165) is 18.7 Å². The SMILES string of the molecule is c1nc2c(c(-n3cncn3)n1)CCCC2. The van der Waals surface area contributed by atoms with Crippen molar-refractivity contribution in [2.24, 2.45) is 0 Å². The van der Waals surface area contributed by atoms with Crippen molar-refractivity contribution >= 4 is 0 Å². The number of aryl methyl sites for hydroxylation is 1. The van der Waals surface area contributed by atoms with Crippen LogP contribution in [0.4, 0.5) is 0 Å². The van der Waals surface area contributed by atoms with E-state index in [4.69, 9.17) is 0 Å². The Balaban J connectivity index is 2.15. The first-order chi connectivity index (χ1) is 7.45. The van der Waals surface area contributed by atoms with Gasteiger partial charge >= 0.3 is 0 Å². The lowest BCUT2D eigenvalue weighted by Gasteiger charge is -2.16. The van der Waals surface area contributed by atoms with Gasteiger partial charge in [-0.3, -0.25) is 0 Å². The second-order valence-corrected chi connectivity index (χ2v) is 3.67. The molecule has 0 spiro atoms. The molecular formula is C10H11N5. The normalized spacial score (nSPS) is 14.9. The minimum Gasteiger partial charge on any atom is -0.241 e. The van der Waals surface area contributed by atoms with Crippen LogP contribution in [0.1, 0.15) is 24.1 Å². The van der Waals surface area contributed by atoms with Gasteiger partial charge in [-0.2, -0.15) is 5.10 Å². The zero-order valence-electron chi connectivity index (χ0n) is 8.30. The molecule has 0 atom stereocenters. The standard InChI is InChI=1S/C10H11N5/c1-2-4-9-8(3-1)10(13-6-12-9)15-7-11-5-14-15/h5-7H,1-4H2. The van der Waals surface area contributed by atoms with Gasteiger partial charge in [0, 0.05) is 11.3 Å². The van der Waals surface area contributed by atoms with E-state index in [9.17, 15) is 0 Å². The highest BCUT2D eigenvalue weighted by molar-refractivity contribution is 5.36. The molecule has 2 aromatic heterocycles. The third-order valence-corrected chi connectivity index (χ3v) is 2.74. The van der Waals surface area contributed by atoms with Crippen LogP contribution in [-0.4, -0.2) is 24.7 Å². The maximum Gasteiger partial charge on any atom is 0.161 e. The summed E-state index contributed by atoms with van der Waals surface area (Å²) in [4.78, 5) is 12.5. The Morgan fingerprint density at radius 3 is 2.87 bits per heavy atom. The van der Waals surface area contributed by atoms with Crippen molar-refractivity contribution in [2.45, 2.75) is 25.7 Å². The van der Waals surface area contributed by atoms with Crippen molar-refractivity contribution in [3.8, 4) is 5.82 Å². The Hall–Kier alpha value is -1.78. The molecule has 0 unspecified atom stereocenters. The Bertz CT molecular complexity index is 463. The molecule has 0 aliphatic heterocycles. The molecule has 0 saturated carbocycles. The molecule has 1 aliphatic rings. The van der Waals surface area contributed by atoms with Crippen LogP contribution in [0, 0.1) is 0 Å². The van der Waals surface area contributed by atoms with Gasteiger partial charge < -0.3 is 0 Å².